The van der Waals surface area contributed by atoms with E-state index in [2.05, 4.69) is 17.2 Å². The van der Waals surface area contributed by atoms with E-state index in [9.17, 15) is 5.11 Å². The fraction of sp³-hybridized carbons (Fsp3) is 0.308. The molecule has 1 atom stereocenters. The minimum Gasteiger partial charge on any atom is -0.383 e. The average molecular weight is 508 g/mol. The van der Waals surface area contributed by atoms with Crippen molar-refractivity contribution in [2.24, 2.45) is 5.84 Å². The fourth-order valence-electron chi connectivity index (χ4n) is 4.44. The van der Waals surface area contributed by atoms with E-state index in [1.165, 1.54) is 4.90 Å². The van der Waals surface area contributed by atoms with Crippen molar-refractivity contribution in [2.75, 3.05) is 42.9 Å². The molecule has 0 saturated carbocycles. The van der Waals surface area contributed by atoms with E-state index in [0.717, 1.165) is 62.8 Å². The molecule has 5 rings (SSSR count). The van der Waals surface area contributed by atoms with Crippen LogP contribution in [0.3, 0.4) is 0 Å². The molecule has 0 amide bonds. The molecule has 182 valence electrons. The zero-order chi connectivity index (χ0) is 24.4. The van der Waals surface area contributed by atoms with Crippen LogP contribution in [0.25, 0.3) is 21.6 Å². The summed E-state index contributed by atoms with van der Waals surface area (Å²) in [4.78, 5) is 14.3. The van der Waals surface area contributed by atoms with E-state index in [1.807, 2.05) is 54.8 Å². The number of aliphatic hydroxyl groups excluding tert-OH is 1. The first kappa shape index (κ1) is 24.0. The lowest BCUT2D eigenvalue weighted by Crippen LogP contribution is -2.36. The van der Waals surface area contributed by atoms with Crippen LogP contribution in [-0.4, -0.2) is 47.6 Å². The number of benzene rings is 2. The summed E-state index contributed by atoms with van der Waals surface area (Å²) >= 11 is 3.24. The van der Waals surface area contributed by atoms with Crippen LogP contribution in [0.1, 0.15) is 29.0 Å². The third-order valence-electron chi connectivity index (χ3n) is 6.31. The number of thioether (sulfide) groups is 1. The van der Waals surface area contributed by atoms with Crippen LogP contribution in [0.5, 0.6) is 0 Å². The van der Waals surface area contributed by atoms with Crippen molar-refractivity contribution in [1.29, 1.82) is 0 Å². The number of hydrazine groups is 1. The van der Waals surface area contributed by atoms with E-state index < -0.39 is 6.10 Å². The second-order valence-electron chi connectivity index (χ2n) is 8.34. The maximum atomic E-state index is 11.2. The van der Waals surface area contributed by atoms with Crippen LogP contribution >= 0.6 is 23.1 Å². The SMILES string of the molecule is CCc1c(NN)cccc1-c1nc(N2CCOCC2)c2sc(C(O)c3ccc(SC)cc3)cc2n1. The number of nitrogens with zero attached hydrogens (tertiary/aromatic N) is 3. The van der Waals surface area contributed by atoms with Gasteiger partial charge in [-0.25, -0.2) is 9.97 Å². The van der Waals surface area contributed by atoms with Crippen LogP contribution in [0, 0.1) is 0 Å². The molecule has 1 fully saturated rings. The highest BCUT2D eigenvalue weighted by atomic mass is 32.2. The summed E-state index contributed by atoms with van der Waals surface area (Å²) in [7, 11) is 0. The topological polar surface area (TPSA) is 96.5 Å². The van der Waals surface area contributed by atoms with Gasteiger partial charge >= 0.3 is 0 Å². The predicted molar refractivity (Wildman–Crippen MR) is 145 cm³/mol. The van der Waals surface area contributed by atoms with Crippen LogP contribution in [0.2, 0.25) is 0 Å². The number of aliphatic hydroxyl groups is 1. The Morgan fingerprint density at radius 1 is 1.17 bits per heavy atom. The molecule has 0 radical (unpaired) electrons. The number of ether oxygens (including phenoxy) is 1. The number of anilines is 2. The van der Waals surface area contributed by atoms with Crippen molar-refractivity contribution in [3.63, 3.8) is 0 Å². The molecule has 7 nitrogen and oxygen atoms in total. The molecule has 0 spiro atoms. The molecule has 0 aliphatic carbocycles. The number of thiophene rings is 1. The molecular formula is C26H29N5O2S2. The number of nitrogen functional groups attached to an aromatic ring is 1. The normalized spacial score (nSPS) is 14.9. The summed E-state index contributed by atoms with van der Waals surface area (Å²) in [5.74, 6) is 7.33. The van der Waals surface area contributed by atoms with Gasteiger partial charge in [-0.2, -0.15) is 0 Å². The maximum Gasteiger partial charge on any atom is 0.162 e. The Morgan fingerprint density at radius 2 is 1.94 bits per heavy atom. The first-order chi connectivity index (χ1) is 17.1. The summed E-state index contributed by atoms with van der Waals surface area (Å²) in [5, 5.41) is 11.2. The first-order valence-corrected chi connectivity index (χ1v) is 13.7. The van der Waals surface area contributed by atoms with Gasteiger partial charge in [0.25, 0.3) is 0 Å². The smallest absolute Gasteiger partial charge is 0.162 e. The summed E-state index contributed by atoms with van der Waals surface area (Å²) in [6.45, 7) is 4.96. The van der Waals surface area contributed by atoms with Crippen molar-refractivity contribution in [1.82, 2.24) is 9.97 Å². The monoisotopic (exact) mass is 507 g/mol. The van der Waals surface area contributed by atoms with Crippen molar-refractivity contribution in [3.05, 3.63) is 64.5 Å². The van der Waals surface area contributed by atoms with Crippen molar-refractivity contribution >= 4 is 44.8 Å². The zero-order valence-corrected chi connectivity index (χ0v) is 21.5. The number of fused-ring (bicyclic) bond motifs is 1. The molecule has 3 heterocycles. The Labute approximate surface area is 213 Å². The van der Waals surface area contributed by atoms with Gasteiger partial charge in [-0.15, -0.1) is 23.1 Å². The van der Waals surface area contributed by atoms with Crippen molar-refractivity contribution in [2.45, 2.75) is 24.3 Å². The zero-order valence-electron chi connectivity index (χ0n) is 19.8. The lowest BCUT2D eigenvalue weighted by atomic mass is 10.0. The number of hydrogen-bond donors (Lipinski definition) is 3. The Bertz CT molecular complexity index is 1320. The van der Waals surface area contributed by atoms with Crippen LogP contribution in [-0.2, 0) is 11.2 Å². The molecular weight excluding hydrogens is 478 g/mol. The molecule has 1 aliphatic heterocycles. The van der Waals surface area contributed by atoms with Gasteiger partial charge < -0.3 is 20.2 Å². The Balaban J connectivity index is 1.64. The quantitative estimate of drug-likeness (QED) is 0.186. The largest absolute Gasteiger partial charge is 0.383 e. The molecule has 9 heteroatoms. The Kier molecular flexibility index (Phi) is 7.22. The van der Waals surface area contributed by atoms with E-state index in [-0.39, 0.29) is 0 Å². The Morgan fingerprint density at radius 3 is 2.63 bits per heavy atom. The minimum absolute atomic E-state index is 0.663. The number of morpholine rings is 1. The number of rotatable bonds is 7. The minimum atomic E-state index is -0.720. The molecule has 1 aliphatic rings. The summed E-state index contributed by atoms with van der Waals surface area (Å²) in [6.07, 6.45) is 2.12. The van der Waals surface area contributed by atoms with Gasteiger partial charge in [-0.05, 0) is 48.1 Å². The second kappa shape index (κ2) is 10.5. The lowest BCUT2D eigenvalue weighted by molar-refractivity contribution is 0.122. The maximum absolute atomic E-state index is 11.2. The number of hydrogen-bond acceptors (Lipinski definition) is 9. The van der Waals surface area contributed by atoms with Gasteiger partial charge in [-0.3, -0.25) is 5.84 Å². The van der Waals surface area contributed by atoms with Crippen molar-refractivity contribution < 1.29 is 9.84 Å². The van der Waals surface area contributed by atoms with Gasteiger partial charge in [0.1, 0.15) is 6.10 Å². The van der Waals surface area contributed by atoms with E-state index in [0.29, 0.717) is 19.0 Å². The summed E-state index contributed by atoms with van der Waals surface area (Å²) in [6, 6.07) is 16.0. The number of nitrogens with one attached hydrogen (secondary N) is 1. The molecule has 2 aromatic heterocycles. The predicted octanol–water partition coefficient (Wildman–Crippen LogP) is 4.85. The van der Waals surface area contributed by atoms with E-state index >= 15 is 0 Å². The molecule has 35 heavy (non-hydrogen) atoms. The highest BCUT2D eigenvalue weighted by molar-refractivity contribution is 7.98. The highest BCUT2D eigenvalue weighted by Crippen LogP contribution is 2.39. The highest BCUT2D eigenvalue weighted by Gasteiger charge is 2.23. The van der Waals surface area contributed by atoms with Crippen LogP contribution in [0.15, 0.2) is 53.4 Å². The van der Waals surface area contributed by atoms with Crippen LogP contribution in [0.4, 0.5) is 11.5 Å². The van der Waals surface area contributed by atoms with Gasteiger partial charge in [0, 0.05) is 28.4 Å². The lowest BCUT2D eigenvalue weighted by Gasteiger charge is -2.28. The molecule has 0 bridgehead atoms. The van der Waals surface area contributed by atoms with Crippen LogP contribution < -0.4 is 16.2 Å². The standard InChI is InChI=1S/C26H29N5O2S2/c1-3-18-19(5-4-6-20(18)30-27)25-28-21-15-22(23(32)16-7-9-17(34-2)10-8-16)35-24(21)26(29-25)31-11-13-33-14-12-31/h4-10,15,23,30,32H,3,11-14,27H2,1-2H3. The van der Waals surface area contributed by atoms with E-state index in [1.54, 1.807) is 23.1 Å². The number of aromatic nitrogens is 2. The second-order valence-corrected chi connectivity index (χ2v) is 10.3. The molecule has 4 N–H and O–H groups in total. The third-order valence-corrected chi connectivity index (χ3v) is 8.23. The fourth-order valence-corrected chi connectivity index (χ4v) is 5.98. The Hall–Kier alpha value is -2.69. The summed E-state index contributed by atoms with van der Waals surface area (Å²) in [5.41, 5.74) is 7.41. The van der Waals surface area contributed by atoms with Gasteiger partial charge in [0.15, 0.2) is 11.6 Å². The van der Waals surface area contributed by atoms with Gasteiger partial charge in [0.2, 0.25) is 0 Å². The van der Waals surface area contributed by atoms with Crippen molar-refractivity contribution in [3.8, 4) is 11.4 Å². The third kappa shape index (κ3) is 4.74. The first-order valence-electron chi connectivity index (χ1n) is 11.7. The van der Waals surface area contributed by atoms with E-state index in [4.69, 9.17) is 20.5 Å². The molecule has 2 aromatic carbocycles. The molecule has 1 saturated heterocycles. The average Bonchev–Trinajstić information content (AvgIpc) is 3.36. The van der Waals surface area contributed by atoms with Gasteiger partial charge in [0.05, 0.1) is 29.1 Å². The molecule has 1 unspecified atom stereocenters. The number of nitrogens with two attached hydrogens (primary N) is 1. The summed E-state index contributed by atoms with van der Waals surface area (Å²) < 4.78 is 6.57. The van der Waals surface area contributed by atoms with Gasteiger partial charge in [-0.1, -0.05) is 31.2 Å². The molecule has 4 aromatic rings.